The maximum atomic E-state index is 5.83. The molecule has 114 valence electrons. The van der Waals surface area contributed by atoms with Crippen LogP contribution in [0.25, 0.3) is 11.3 Å². The van der Waals surface area contributed by atoms with E-state index in [1.807, 2.05) is 31.2 Å². The molecule has 0 spiro atoms. The van der Waals surface area contributed by atoms with Crippen LogP contribution in [0.2, 0.25) is 0 Å². The first-order valence-corrected chi connectivity index (χ1v) is 7.58. The molecule has 0 saturated heterocycles. The van der Waals surface area contributed by atoms with Gasteiger partial charge in [0, 0.05) is 13.0 Å². The smallest absolute Gasteiger partial charge is 0.196 e. The fourth-order valence-electron chi connectivity index (χ4n) is 2.09. The van der Waals surface area contributed by atoms with Crippen LogP contribution in [0.3, 0.4) is 0 Å². The number of oxazole rings is 1. The van der Waals surface area contributed by atoms with Crippen molar-refractivity contribution in [2.24, 2.45) is 5.92 Å². The number of hydrogen-bond donors (Lipinski definition) is 1. The largest absolute Gasteiger partial charge is 0.493 e. The molecule has 0 saturated carbocycles. The van der Waals surface area contributed by atoms with Crippen molar-refractivity contribution in [3.05, 3.63) is 36.4 Å². The molecule has 0 aliphatic rings. The van der Waals surface area contributed by atoms with Crippen molar-refractivity contribution in [2.45, 2.75) is 27.2 Å². The standard InChI is InChI=1S/C17H24N2O2/c1-4-20-15-8-6-5-7-14(15)16-12-19-17(21-16)9-10-18-11-13(2)3/h5-8,12-13,18H,4,9-11H2,1-3H3. The predicted molar refractivity (Wildman–Crippen MR) is 84.5 cm³/mol. The molecule has 21 heavy (non-hydrogen) atoms. The minimum absolute atomic E-state index is 0.636. The summed E-state index contributed by atoms with van der Waals surface area (Å²) >= 11 is 0. The third-order valence-corrected chi connectivity index (χ3v) is 3.07. The fourth-order valence-corrected chi connectivity index (χ4v) is 2.09. The van der Waals surface area contributed by atoms with Gasteiger partial charge in [0.05, 0.1) is 18.4 Å². The lowest BCUT2D eigenvalue weighted by Gasteiger charge is -2.07. The predicted octanol–water partition coefficient (Wildman–Crippen LogP) is 3.53. The average molecular weight is 288 g/mol. The maximum absolute atomic E-state index is 5.83. The Kier molecular flexibility index (Phi) is 5.81. The van der Waals surface area contributed by atoms with E-state index >= 15 is 0 Å². The molecule has 1 N–H and O–H groups in total. The molecule has 1 heterocycles. The maximum Gasteiger partial charge on any atom is 0.196 e. The Morgan fingerprint density at radius 2 is 2.10 bits per heavy atom. The summed E-state index contributed by atoms with van der Waals surface area (Å²) in [4.78, 5) is 4.35. The quantitative estimate of drug-likeness (QED) is 0.755. The van der Waals surface area contributed by atoms with Gasteiger partial charge in [-0.25, -0.2) is 4.98 Å². The van der Waals surface area contributed by atoms with Gasteiger partial charge in [0.25, 0.3) is 0 Å². The van der Waals surface area contributed by atoms with E-state index < -0.39 is 0 Å². The zero-order valence-corrected chi connectivity index (χ0v) is 13.1. The molecule has 1 aromatic carbocycles. The van der Waals surface area contributed by atoms with Crippen molar-refractivity contribution < 1.29 is 9.15 Å². The molecule has 1 aromatic heterocycles. The molecule has 0 unspecified atom stereocenters. The molecule has 4 heteroatoms. The summed E-state index contributed by atoms with van der Waals surface area (Å²) in [6, 6.07) is 7.88. The first-order chi connectivity index (χ1) is 10.2. The van der Waals surface area contributed by atoms with Crippen molar-refractivity contribution in [1.29, 1.82) is 0 Å². The van der Waals surface area contributed by atoms with Crippen LogP contribution in [0.5, 0.6) is 5.75 Å². The van der Waals surface area contributed by atoms with Crippen LogP contribution in [0.4, 0.5) is 0 Å². The minimum Gasteiger partial charge on any atom is -0.493 e. The summed E-state index contributed by atoms with van der Waals surface area (Å²) < 4.78 is 11.5. The van der Waals surface area contributed by atoms with Crippen LogP contribution in [0, 0.1) is 5.92 Å². The molecule has 2 aromatic rings. The summed E-state index contributed by atoms with van der Waals surface area (Å²) in [6.07, 6.45) is 2.57. The van der Waals surface area contributed by atoms with Crippen molar-refractivity contribution in [3.63, 3.8) is 0 Å². The Bertz CT molecular complexity index is 549. The van der Waals surface area contributed by atoms with Gasteiger partial charge in [0.15, 0.2) is 11.7 Å². The van der Waals surface area contributed by atoms with Crippen molar-refractivity contribution >= 4 is 0 Å². The molecule has 0 aliphatic carbocycles. The van der Waals surface area contributed by atoms with Gasteiger partial charge >= 0.3 is 0 Å². The molecule has 0 atom stereocenters. The van der Waals surface area contributed by atoms with E-state index in [1.54, 1.807) is 6.20 Å². The van der Waals surface area contributed by atoms with Gasteiger partial charge in [0.2, 0.25) is 0 Å². The molecular weight excluding hydrogens is 264 g/mol. The number of nitrogens with one attached hydrogen (secondary N) is 1. The Hall–Kier alpha value is -1.81. The zero-order chi connectivity index (χ0) is 15.1. The topological polar surface area (TPSA) is 47.3 Å². The van der Waals surface area contributed by atoms with Crippen molar-refractivity contribution in [3.8, 4) is 17.1 Å². The number of ether oxygens (including phenoxy) is 1. The van der Waals surface area contributed by atoms with E-state index in [1.165, 1.54) is 0 Å². The highest BCUT2D eigenvalue weighted by atomic mass is 16.5. The van der Waals surface area contributed by atoms with Gasteiger partial charge < -0.3 is 14.5 Å². The van der Waals surface area contributed by atoms with E-state index in [0.29, 0.717) is 12.5 Å². The van der Waals surface area contributed by atoms with Gasteiger partial charge in [-0.1, -0.05) is 26.0 Å². The Balaban J connectivity index is 1.99. The minimum atomic E-state index is 0.636. The molecular formula is C17H24N2O2. The van der Waals surface area contributed by atoms with Gasteiger partial charge in [-0.3, -0.25) is 0 Å². The Labute approximate surface area is 126 Å². The number of benzene rings is 1. The highest BCUT2D eigenvalue weighted by Gasteiger charge is 2.11. The van der Waals surface area contributed by atoms with Crippen LogP contribution in [0.15, 0.2) is 34.9 Å². The monoisotopic (exact) mass is 288 g/mol. The van der Waals surface area contributed by atoms with Gasteiger partial charge in [-0.2, -0.15) is 0 Å². The number of aromatic nitrogens is 1. The lowest BCUT2D eigenvalue weighted by molar-refractivity contribution is 0.340. The third kappa shape index (κ3) is 4.60. The molecule has 0 aliphatic heterocycles. The molecule has 2 rings (SSSR count). The van der Waals surface area contributed by atoms with Crippen LogP contribution in [-0.2, 0) is 6.42 Å². The lowest BCUT2D eigenvalue weighted by atomic mass is 10.1. The SMILES string of the molecule is CCOc1ccccc1-c1cnc(CCNCC(C)C)o1. The van der Waals surface area contributed by atoms with E-state index in [9.17, 15) is 0 Å². The summed E-state index contributed by atoms with van der Waals surface area (Å²) in [5.41, 5.74) is 0.952. The van der Waals surface area contributed by atoms with Crippen molar-refractivity contribution in [1.82, 2.24) is 10.3 Å². The first-order valence-electron chi connectivity index (χ1n) is 7.58. The van der Waals surface area contributed by atoms with Crippen LogP contribution in [0.1, 0.15) is 26.7 Å². The number of rotatable bonds is 8. The summed E-state index contributed by atoms with van der Waals surface area (Å²) in [7, 11) is 0. The second-order valence-corrected chi connectivity index (χ2v) is 5.40. The van der Waals surface area contributed by atoms with E-state index in [0.717, 1.165) is 42.5 Å². The summed E-state index contributed by atoms with van der Waals surface area (Å²) in [5.74, 6) is 3.01. The molecule has 0 bridgehead atoms. The zero-order valence-electron chi connectivity index (χ0n) is 13.1. The second kappa shape index (κ2) is 7.84. The summed E-state index contributed by atoms with van der Waals surface area (Å²) in [6.45, 7) is 8.90. The average Bonchev–Trinajstić information content (AvgIpc) is 2.93. The number of para-hydroxylation sites is 1. The highest BCUT2D eigenvalue weighted by molar-refractivity contribution is 5.64. The molecule has 0 fully saturated rings. The number of nitrogens with zero attached hydrogens (tertiary/aromatic N) is 1. The van der Waals surface area contributed by atoms with E-state index in [-0.39, 0.29) is 0 Å². The van der Waals surface area contributed by atoms with Crippen LogP contribution < -0.4 is 10.1 Å². The van der Waals surface area contributed by atoms with Crippen molar-refractivity contribution in [2.75, 3.05) is 19.7 Å². The normalized spacial score (nSPS) is 11.0. The lowest BCUT2D eigenvalue weighted by Crippen LogP contribution is -2.22. The third-order valence-electron chi connectivity index (χ3n) is 3.07. The van der Waals surface area contributed by atoms with Gasteiger partial charge in [0.1, 0.15) is 5.75 Å². The molecule has 4 nitrogen and oxygen atoms in total. The van der Waals surface area contributed by atoms with Crippen LogP contribution >= 0.6 is 0 Å². The first kappa shape index (κ1) is 15.6. The second-order valence-electron chi connectivity index (χ2n) is 5.40. The van der Waals surface area contributed by atoms with Crippen LogP contribution in [-0.4, -0.2) is 24.7 Å². The highest BCUT2D eigenvalue weighted by Crippen LogP contribution is 2.30. The van der Waals surface area contributed by atoms with Gasteiger partial charge in [-0.15, -0.1) is 0 Å². The molecule has 0 amide bonds. The molecule has 0 radical (unpaired) electrons. The van der Waals surface area contributed by atoms with E-state index in [2.05, 4.69) is 24.1 Å². The Morgan fingerprint density at radius 1 is 1.29 bits per heavy atom. The fraction of sp³-hybridized carbons (Fsp3) is 0.471. The summed E-state index contributed by atoms with van der Waals surface area (Å²) in [5, 5.41) is 3.39. The van der Waals surface area contributed by atoms with Gasteiger partial charge in [-0.05, 0) is 31.5 Å². The Morgan fingerprint density at radius 3 is 2.86 bits per heavy atom. The van der Waals surface area contributed by atoms with E-state index in [4.69, 9.17) is 9.15 Å². The number of hydrogen-bond acceptors (Lipinski definition) is 4.